The van der Waals surface area contributed by atoms with Crippen LogP contribution < -0.4 is 4.90 Å². The summed E-state index contributed by atoms with van der Waals surface area (Å²) in [4.78, 5) is 19.3. The number of benzene rings is 2. The maximum atomic E-state index is 13.1. The van der Waals surface area contributed by atoms with E-state index in [1.165, 1.54) is 29.7 Å². The van der Waals surface area contributed by atoms with Crippen LogP contribution in [0.25, 0.3) is 0 Å². The molecule has 1 heterocycles. The number of carbonyl (C=O) groups is 1. The zero-order valence-corrected chi connectivity index (χ0v) is 17.2. The molecule has 1 saturated heterocycles. The molecule has 2 aliphatic rings. The number of aryl methyl sites for hydroxylation is 1. The van der Waals surface area contributed by atoms with Gasteiger partial charge in [-0.3, -0.25) is 9.69 Å². The Morgan fingerprint density at radius 1 is 1.07 bits per heavy atom. The summed E-state index contributed by atoms with van der Waals surface area (Å²) in [5.41, 5.74) is 3.91. The van der Waals surface area contributed by atoms with Crippen molar-refractivity contribution >= 4 is 11.6 Å². The van der Waals surface area contributed by atoms with E-state index in [1.807, 2.05) is 17.0 Å². The van der Waals surface area contributed by atoms with E-state index in [0.717, 1.165) is 51.3 Å². The lowest BCUT2D eigenvalue weighted by atomic mass is 9.87. The predicted molar refractivity (Wildman–Crippen MR) is 115 cm³/mol. The van der Waals surface area contributed by atoms with Crippen LogP contribution in [0, 0.1) is 5.82 Å². The maximum absolute atomic E-state index is 13.1. The smallest absolute Gasteiger partial charge is 0.223 e. The normalized spacial score (nSPS) is 19.3. The molecule has 29 heavy (non-hydrogen) atoms. The Balaban J connectivity index is 1.27. The second-order valence-electron chi connectivity index (χ2n) is 8.18. The molecule has 5 heteroatoms. The van der Waals surface area contributed by atoms with Crippen LogP contribution in [-0.4, -0.2) is 55.5 Å². The van der Waals surface area contributed by atoms with Crippen LogP contribution in [0.2, 0.25) is 0 Å². The Morgan fingerprint density at radius 3 is 2.55 bits per heavy atom. The fraction of sp³-hybridized carbons (Fsp3) is 0.458. The van der Waals surface area contributed by atoms with Gasteiger partial charge in [0.05, 0.1) is 0 Å². The highest BCUT2D eigenvalue weighted by atomic mass is 19.1. The fourth-order valence-electron chi connectivity index (χ4n) is 4.64. The van der Waals surface area contributed by atoms with E-state index in [2.05, 4.69) is 41.1 Å². The first-order chi connectivity index (χ1) is 14.1. The van der Waals surface area contributed by atoms with E-state index >= 15 is 0 Å². The summed E-state index contributed by atoms with van der Waals surface area (Å²) in [7, 11) is 2.15. The van der Waals surface area contributed by atoms with Crippen LogP contribution >= 0.6 is 0 Å². The molecule has 4 nitrogen and oxygen atoms in total. The lowest BCUT2D eigenvalue weighted by Gasteiger charge is -2.37. The van der Waals surface area contributed by atoms with Crippen molar-refractivity contribution < 1.29 is 9.18 Å². The molecule has 1 aliphatic heterocycles. The summed E-state index contributed by atoms with van der Waals surface area (Å²) in [6.45, 7) is 3.83. The number of nitrogens with zero attached hydrogens (tertiary/aromatic N) is 3. The monoisotopic (exact) mass is 395 g/mol. The molecule has 0 saturated carbocycles. The van der Waals surface area contributed by atoms with Gasteiger partial charge in [0.2, 0.25) is 5.91 Å². The van der Waals surface area contributed by atoms with Gasteiger partial charge in [-0.2, -0.15) is 0 Å². The van der Waals surface area contributed by atoms with Crippen molar-refractivity contribution in [2.45, 2.75) is 31.7 Å². The number of anilines is 1. The van der Waals surface area contributed by atoms with Gasteiger partial charge in [-0.1, -0.05) is 24.3 Å². The Bertz CT molecular complexity index is 830. The van der Waals surface area contributed by atoms with Gasteiger partial charge in [-0.05, 0) is 61.7 Å². The number of rotatable bonds is 5. The predicted octanol–water partition coefficient (Wildman–Crippen LogP) is 3.87. The first kappa shape index (κ1) is 19.9. The topological polar surface area (TPSA) is 26.8 Å². The Morgan fingerprint density at radius 2 is 1.79 bits per heavy atom. The molecule has 0 aromatic heterocycles. The van der Waals surface area contributed by atoms with Gasteiger partial charge in [0.25, 0.3) is 0 Å². The van der Waals surface area contributed by atoms with Gasteiger partial charge in [0.1, 0.15) is 5.82 Å². The van der Waals surface area contributed by atoms with Gasteiger partial charge < -0.3 is 9.80 Å². The number of carbonyl (C=O) groups excluding carboxylic acids is 1. The Labute approximate surface area is 172 Å². The second kappa shape index (κ2) is 8.95. The van der Waals surface area contributed by atoms with Gasteiger partial charge in [-0.25, -0.2) is 4.39 Å². The number of fused-ring (bicyclic) bond motifs is 1. The number of piperazine rings is 1. The molecule has 0 bridgehead atoms. The van der Waals surface area contributed by atoms with Crippen molar-refractivity contribution in [2.24, 2.45) is 0 Å². The number of halogens is 1. The average molecular weight is 396 g/mol. The molecule has 1 amide bonds. The third-order valence-corrected chi connectivity index (χ3v) is 6.37. The van der Waals surface area contributed by atoms with E-state index in [9.17, 15) is 9.18 Å². The third kappa shape index (κ3) is 4.61. The van der Waals surface area contributed by atoms with Gasteiger partial charge in [0, 0.05) is 50.9 Å². The summed E-state index contributed by atoms with van der Waals surface area (Å²) in [5.74, 6) is 0.0203. The van der Waals surface area contributed by atoms with E-state index < -0.39 is 0 Å². The lowest BCUT2D eigenvalue weighted by Crippen LogP contribution is -2.49. The molecule has 1 aliphatic carbocycles. The van der Waals surface area contributed by atoms with E-state index in [-0.39, 0.29) is 11.7 Å². The first-order valence-corrected chi connectivity index (χ1v) is 10.7. The van der Waals surface area contributed by atoms with E-state index in [0.29, 0.717) is 12.5 Å². The molecule has 2 aromatic rings. The minimum atomic E-state index is -0.215. The molecule has 2 aromatic carbocycles. The molecule has 0 N–H and O–H groups in total. The van der Waals surface area contributed by atoms with E-state index in [4.69, 9.17) is 0 Å². The minimum Gasteiger partial charge on any atom is -0.368 e. The Kier molecular flexibility index (Phi) is 6.14. The molecule has 1 atom stereocenters. The average Bonchev–Trinajstić information content (AvgIpc) is 2.77. The van der Waals surface area contributed by atoms with Crippen LogP contribution in [0.15, 0.2) is 48.5 Å². The molecule has 4 rings (SSSR count). The van der Waals surface area contributed by atoms with Gasteiger partial charge >= 0.3 is 0 Å². The van der Waals surface area contributed by atoms with Gasteiger partial charge in [-0.15, -0.1) is 0 Å². The summed E-state index contributed by atoms with van der Waals surface area (Å²) in [5, 5.41) is 0. The molecule has 1 fully saturated rings. The maximum Gasteiger partial charge on any atom is 0.223 e. The van der Waals surface area contributed by atoms with Crippen molar-refractivity contribution in [3.63, 3.8) is 0 Å². The summed E-state index contributed by atoms with van der Waals surface area (Å²) in [6.07, 6.45) is 4.10. The van der Waals surface area contributed by atoms with Crippen LogP contribution in [0.3, 0.4) is 0 Å². The summed E-state index contributed by atoms with van der Waals surface area (Å²) < 4.78 is 13.1. The molecule has 0 spiro atoms. The second-order valence-corrected chi connectivity index (χ2v) is 8.18. The highest BCUT2D eigenvalue weighted by Crippen LogP contribution is 2.33. The quantitative estimate of drug-likeness (QED) is 0.769. The summed E-state index contributed by atoms with van der Waals surface area (Å²) >= 11 is 0. The minimum absolute atomic E-state index is 0.215. The van der Waals surface area contributed by atoms with E-state index in [1.54, 1.807) is 0 Å². The van der Waals surface area contributed by atoms with Crippen molar-refractivity contribution in [2.75, 3.05) is 44.7 Å². The zero-order valence-electron chi connectivity index (χ0n) is 17.2. The van der Waals surface area contributed by atoms with Gasteiger partial charge in [0.15, 0.2) is 0 Å². The van der Waals surface area contributed by atoms with Crippen molar-refractivity contribution in [3.8, 4) is 0 Å². The van der Waals surface area contributed by atoms with Crippen molar-refractivity contribution in [3.05, 3.63) is 65.5 Å². The lowest BCUT2D eigenvalue weighted by molar-refractivity contribution is -0.131. The number of hydrogen-bond acceptors (Lipinski definition) is 3. The van der Waals surface area contributed by atoms with Crippen molar-refractivity contribution in [1.82, 2.24) is 9.80 Å². The molecular weight excluding hydrogens is 365 g/mol. The molecular formula is C24H30FN3O. The standard InChI is InChI=1S/C24H30FN3O/c1-26(23-8-4-6-19-5-2-3-7-22(19)23)14-13-24(29)28-17-15-27(16-18-28)21-11-9-20(25)10-12-21/h2-3,5,7,9-12,23H,4,6,8,13-18H2,1H3/t23-/m0/s1. The largest absolute Gasteiger partial charge is 0.368 e. The highest BCUT2D eigenvalue weighted by Gasteiger charge is 2.25. The fourth-order valence-corrected chi connectivity index (χ4v) is 4.64. The molecule has 0 radical (unpaired) electrons. The first-order valence-electron chi connectivity index (χ1n) is 10.7. The van der Waals surface area contributed by atoms with Crippen molar-refractivity contribution in [1.29, 1.82) is 0 Å². The third-order valence-electron chi connectivity index (χ3n) is 6.37. The Hall–Kier alpha value is -2.40. The number of hydrogen-bond donors (Lipinski definition) is 0. The molecule has 154 valence electrons. The van der Waals surface area contributed by atoms with Crippen LogP contribution in [0.4, 0.5) is 10.1 Å². The summed E-state index contributed by atoms with van der Waals surface area (Å²) in [6, 6.07) is 15.7. The zero-order chi connectivity index (χ0) is 20.2. The highest BCUT2D eigenvalue weighted by molar-refractivity contribution is 5.76. The molecule has 0 unspecified atom stereocenters. The van der Waals surface area contributed by atoms with Crippen LogP contribution in [-0.2, 0) is 11.2 Å². The number of amides is 1. The van der Waals surface area contributed by atoms with Crippen LogP contribution in [0.5, 0.6) is 0 Å². The SMILES string of the molecule is CN(CCC(=O)N1CCN(c2ccc(F)cc2)CC1)[C@H]1CCCc2ccccc21. The van der Waals surface area contributed by atoms with Crippen LogP contribution in [0.1, 0.15) is 36.4 Å².